The van der Waals surface area contributed by atoms with Gasteiger partial charge in [-0.25, -0.2) is 0 Å². The highest BCUT2D eigenvalue weighted by Gasteiger charge is 1.95. The maximum absolute atomic E-state index is 5.85. The van der Waals surface area contributed by atoms with E-state index < -0.39 is 0 Å². The molecular weight excluding hydrogens is 249 g/mol. The molecule has 0 saturated heterocycles. The van der Waals surface area contributed by atoms with E-state index >= 15 is 0 Å². The molecule has 0 heterocycles. The fourth-order valence-electron chi connectivity index (χ4n) is 0.932. The Kier molecular flexibility index (Phi) is 4.50. The second kappa shape index (κ2) is 5.43. The van der Waals surface area contributed by atoms with Crippen molar-refractivity contribution in [2.45, 2.75) is 6.42 Å². The molecule has 3 heteroatoms. The Balaban J connectivity index is 2.73. The highest BCUT2D eigenvalue weighted by molar-refractivity contribution is 9.10. The number of halogens is 2. The molecule has 0 amide bonds. The number of hydrogen-bond acceptors (Lipinski definition) is 1. The Morgan fingerprint density at radius 2 is 2.23 bits per heavy atom. The zero-order chi connectivity index (χ0) is 9.68. The number of nitrogens with two attached hydrogens (primary N) is 1. The van der Waals surface area contributed by atoms with Crippen LogP contribution >= 0.6 is 27.5 Å². The highest BCUT2D eigenvalue weighted by atomic mass is 79.9. The Morgan fingerprint density at radius 3 is 2.85 bits per heavy atom. The minimum atomic E-state index is 0.686. The van der Waals surface area contributed by atoms with Crippen LogP contribution in [0.4, 0.5) is 0 Å². The first-order chi connectivity index (χ1) is 6.24. The summed E-state index contributed by atoms with van der Waals surface area (Å²) < 4.78 is 0.920. The molecule has 1 aromatic carbocycles. The third kappa shape index (κ3) is 3.51. The van der Waals surface area contributed by atoms with Crippen molar-refractivity contribution in [2.24, 2.45) is 5.73 Å². The van der Waals surface area contributed by atoms with Crippen LogP contribution in [0, 0.1) is 0 Å². The molecule has 0 saturated carbocycles. The van der Waals surface area contributed by atoms with E-state index in [4.69, 9.17) is 17.3 Å². The topological polar surface area (TPSA) is 26.0 Å². The van der Waals surface area contributed by atoms with E-state index in [2.05, 4.69) is 22.0 Å². The van der Waals surface area contributed by atoms with E-state index in [-0.39, 0.29) is 0 Å². The van der Waals surface area contributed by atoms with Crippen LogP contribution in [0.5, 0.6) is 0 Å². The van der Waals surface area contributed by atoms with Crippen LogP contribution in [0.3, 0.4) is 0 Å². The van der Waals surface area contributed by atoms with Crippen molar-refractivity contribution >= 4 is 33.6 Å². The zero-order valence-electron chi connectivity index (χ0n) is 7.13. The van der Waals surface area contributed by atoms with Gasteiger partial charge in [-0.05, 0) is 46.6 Å². The minimum absolute atomic E-state index is 0.686. The molecule has 0 unspecified atom stereocenters. The predicted molar refractivity (Wildman–Crippen MR) is 61.9 cm³/mol. The van der Waals surface area contributed by atoms with Gasteiger partial charge < -0.3 is 5.73 Å². The summed E-state index contributed by atoms with van der Waals surface area (Å²) in [5, 5.41) is 0.732. The van der Waals surface area contributed by atoms with E-state index in [0.717, 1.165) is 21.5 Å². The van der Waals surface area contributed by atoms with Crippen molar-refractivity contribution in [2.75, 3.05) is 6.54 Å². The summed E-state index contributed by atoms with van der Waals surface area (Å²) in [6, 6.07) is 5.82. The molecule has 0 atom stereocenters. The van der Waals surface area contributed by atoms with Crippen LogP contribution in [0.1, 0.15) is 12.0 Å². The van der Waals surface area contributed by atoms with E-state index in [1.807, 2.05) is 24.3 Å². The fourth-order valence-corrected chi connectivity index (χ4v) is 1.45. The zero-order valence-corrected chi connectivity index (χ0v) is 9.48. The van der Waals surface area contributed by atoms with Gasteiger partial charge in [0.05, 0.1) is 5.02 Å². The Morgan fingerprint density at radius 1 is 1.46 bits per heavy atom. The van der Waals surface area contributed by atoms with Crippen LogP contribution in [0.2, 0.25) is 5.02 Å². The van der Waals surface area contributed by atoms with Crippen LogP contribution in [0.25, 0.3) is 6.08 Å². The van der Waals surface area contributed by atoms with Crippen molar-refractivity contribution in [1.29, 1.82) is 0 Å². The molecule has 0 aromatic heterocycles. The van der Waals surface area contributed by atoms with Gasteiger partial charge >= 0.3 is 0 Å². The largest absolute Gasteiger partial charge is 0.330 e. The molecule has 0 fully saturated rings. The summed E-state index contributed by atoms with van der Waals surface area (Å²) in [5.41, 5.74) is 6.49. The molecule has 0 spiro atoms. The first kappa shape index (κ1) is 10.8. The third-order valence-electron chi connectivity index (χ3n) is 1.59. The Hall–Kier alpha value is -0.310. The van der Waals surface area contributed by atoms with E-state index in [0.29, 0.717) is 6.54 Å². The minimum Gasteiger partial charge on any atom is -0.330 e. The van der Waals surface area contributed by atoms with Crippen LogP contribution in [-0.4, -0.2) is 6.54 Å². The Bertz CT molecular complexity index is 310. The maximum Gasteiger partial charge on any atom is 0.0548 e. The lowest BCUT2D eigenvalue weighted by molar-refractivity contribution is 1.01. The van der Waals surface area contributed by atoms with Gasteiger partial charge in [0.25, 0.3) is 0 Å². The normalized spacial score (nSPS) is 11.0. The average molecular weight is 261 g/mol. The van der Waals surface area contributed by atoms with Crippen molar-refractivity contribution in [3.05, 3.63) is 39.3 Å². The van der Waals surface area contributed by atoms with Crippen molar-refractivity contribution in [3.63, 3.8) is 0 Å². The van der Waals surface area contributed by atoms with Gasteiger partial charge in [0, 0.05) is 4.47 Å². The molecule has 1 nitrogen and oxygen atoms in total. The van der Waals surface area contributed by atoms with Crippen LogP contribution < -0.4 is 5.73 Å². The van der Waals surface area contributed by atoms with Gasteiger partial charge in [0.2, 0.25) is 0 Å². The molecule has 0 aliphatic heterocycles. The number of rotatable bonds is 3. The van der Waals surface area contributed by atoms with Crippen LogP contribution in [-0.2, 0) is 0 Å². The standard InChI is InChI=1S/C10H11BrClN/c11-9-7-8(3-1-2-6-13)4-5-10(9)12/h1,3-5,7H,2,6,13H2/b3-1+. The molecule has 0 aliphatic carbocycles. The summed E-state index contributed by atoms with van der Waals surface area (Å²) >= 11 is 9.22. The van der Waals surface area contributed by atoms with Crippen LogP contribution in [0.15, 0.2) is 28.7 Å². The molecule has 2 N–H and O–H groups in total. The van der Waals surface area contributed by atoms with Gasteiger partial charge in [0.1, 0.15) is 0 Å². The Labute approximate surface area is 91.7 Å². The average Bonchev–Trinajstić information content (AvgIpc) is 2.12. The lowest BCUT2D eigenvalue weighted by Gasteiger charge is -1.97. The molecule has 0 radical (unpaired) electrons. The lowest BCUT2D eigenvalue weighted by Crippen LogP contribution is -1.94. The monoisotopic (exact) mass is 259 g/mol. The molecule has 13 heavy (non-hydrogen) atoms. The maximum atomic E-state index is 5.85. The van der Waals surface area contributed by atoms with Gasteiger partial charge in [-0.1, -0.05) is 29.8 Å². The SMILES string of the molecule is NCC/C=C/c1ccc(Cl)c(Br)c1. The van der Waals surface area contributed by atoms with E-state index in [9.17, 15) is 0 Å². The first-order valence-electron chi connectivity index (χ1n) is 4.05. The second-order valence-corrected chi connectivity index (χ2v) is 3.91. The molecular formula is C10H11BrClN. The number of hydrogen-bond donors (Lipinski definition) is 1. The van der Waals surface area contributed by atoms with E-state index in [1.165, 1.54) is 0 Å². The van der Waals surface area contributed by atoms with Crippen molar-refractivity contribution in [1.82, 2.24) is 0 Å². The summed E-state index contributed by atoms with van der Waals surface area (Å²) in [5.74, 6) is 0. The first-order valence-corrected chi connectivity index (χ1v) is 5.23. The highest BCUT2D eigenvalue weighted by Crippen LogP contribution is 2.23. The quantitative estimate of drug-likeness (QED) is 0.885. The van der Waals surface area contributed by atoms with Crippen molar-refractivity contribution in [3.8, 4) is 0 Å². The fraction of sp³-hybridized carbons (Fsp3) is 0.200. The third-order valence-corrected chi connectivity index (χ3v) is 2.80. The summed E-state index contributed by atoms with van der Waals surface area (Å²) in [4.78, 5) is 0. The molecule has 1 aromatic rings. The number of benzene rings is 1. The second-order valence-electron chi connectivity index (χ2n) is 2.65. The van der Waals surface area contributed by atoms with Gasteiger partial charge in [-0.2, -0.15) is 0 Å². The summed E-state index contributed by atoms with van der Waals surface area (Å²) in [6.45, 7) is 0.686. The van der Waals surface area contributed by atoms with E-state index in [1.54, 1.807) is 0 Å². The lowest BCUT2D eigenvalue weighted by atomic mass is 10.2. The molecule has 70 valence electrons. The predicted octanol–water partition coefficient (Wildman–Crippen LogP) is 3.46. The molecule has 1 rings (SSSR count). The summed E-state index contributed by atoms with van der Waals surface area (Å²) in [6.07, 6.45) is 4.99. The van der Waals surface area contributed by atoms with Crippen molar-refractivity contribution < 1.29 is 0 Å². The molecule has 0 aliphatic rings. The summed E-state index contributed by atoms with van der Waals surface area (Å²) in [7, 11) is 0. The smallest absolute Gasteiger partial charge is 0.0548 e. The molecule has 0 bridgehead atoms. The van der Waals surface area contributed by atoms with Gasteiger partial charge in [-0.15, -0.1) is 0 Å². The van der Waals surface area contributed by atoms with Gasteiger partial charge in [-0.3, -0.25) is 0 Å². The van der Waals surface area contributed by atoms with Gasteiger partial charge in [0.15, 0.2) is 0 Å².